The monoisotopic (exact) mass is 396 g/mol. The summed E-state index contributed by atoms with van der Waals surface area (Å²) in [5.41, 5.74) is 5.85. The van der Waals surface area contributed by atoms with E-state index in [0.29, 0.717) is 5.95 Å². The first-order valence-electron chi connectivity index (χ1n) is 9.63. The molecule has 6 nitrogen and oxygen atoms in total. The maximum absolute atomic E-state index is 13.6. The van der Waals surface area contributed by atoms with E-state index >= 15 is 0 Å². The largest absolute Gasteiger partial charge is 0.497 e. The third kappa shape index (κ3) is 3.30. The maximum atomic E-state index is 13.6. The molecule has 28 heavy (non-hydrogen) atoms. The number of anilines is 1. The van der Waals surface area contributed by atoms with E-state index in [0.717, 1.165) is 53.0 Å². The van der Waals surface area contributed by atoms with Crippen LogP contribution in [-0.4, -0.2) is 22.4 Å². The Kier molecular flexibility index (Phi) is 5.17. The second-order valence-electron chi connectivity index (χ2n) is 6.98. The highest BCUT2D eigenvalue weighted by Crippen LogP contribution is 2.34. The predicted molar refractivity (Wildman–Crippen MR) is 115 cm³/mol. The highest BCUT2D eigenvalue weighted by molar-refractivity contribution is 7.18. The zero-order valence-electron chi connectivity index (χ0n) is 16.4. The number of hydrazone groups is 1. The molecule has 0 fully saturated rings. The number of aryl methyl sites for hydroxylation is 2. The van der Waals surface area contributed by atoms with Gasteiger partial charge in [-0.25, -0.2) is 15.0 Å². The van der Waals surface area contributed by atoms with E-state index in [1.807, 2.05) is 38.1 Å². The highest BCUT2D eigenvalue weighted by Gasteiger charge is 2.22. The first-order valence-corrected chi connectivity index (χ1v) is 10.4. The zero-order chi connectivity index (χ0) is 19.7. The lowest BCUT2D eigenvalue weighted by Gasteiger charge is -2.14. The summed E-state index contributed by atoms with van der Waals surface area (Å²) in [6, 6.07) is 7.43. The van der Waals surface area contributed by atoms with E-state index in [1.54, 1.807) is 23.0 Å². The van der Waals surface area contributed by atoms with E-state index in [4.69, 9.17) is 9.72 Å². The molecule has 1 aliphatic carbocycles. The quantitative estimate of drug-likeness (QED) is 0.508. The average Bonchev–Trinajstić information content (AvgIpc) is 3.10. The molecule has 0 aliphatic heterocycles. The fourth-order valence-corrected chi connectivity index (χ4v) is 4.73. The second kappa shape index (κ2) is 7.75. The number of rotatable bonds is 5. The molecule has 0 atom stereocenters. The molecule has 3 aromatic rings. The van der Waals surface area contributed by atoms with Gasteiger partial charge in [-0.05, 0) is 68.9 Å². The SMILES string of the molecule is CC/C(C)=N\Nc1nc2sc3c(c2c(=O)n1-c1ccc(OC)cc1)CCCC3. The van der Waals surface area contributed by atoms with Crippen molar-refractivity contribution in [3.63, 3.8) is 0 Å². The van der Waals surface area contributed by atoms with Crippen LogP contribution in [0.25, 0.3) is 15.9 Å². The van der Waals surface area contributed by atoms with E-state index in [9.17, 15) is 4.79 Å². The van der Waals surface area contributed by atoms with Gasteiger partial charge in [-0.3, -0.25) is 4.79 Å². The van der Waals surface area contributed by atoms with Crippen molar-refractivity contribution < 1.29 is 4.74 Å². The molecule has 0 bridgehead atoms. The number of hydrogen-bond acceptors (Lipinski definition) is 6. The summed E-state index contributed by atoms with van der Waals surface area (Å²) in [7, 11) is 1.63. The molecule has 0 radical (unpaired) electrons. The van der Waals surface area contributed by atoms with Crippen molar-refractivity contribution >= 4 is 33.2 Å². The molecule has 2 heterocycles. The molecular weight excluding hydrogens is 372 g/mol. The fourth-order valence-electron chi connectivity index (χ4n) is 3.48. The Bertz CT molecular complexity index is 1100. The van der Waals surface area contributed by atoms with Gasteiger partial charge in [0.15, 0.2) is 0 Å². The normalized spacial score (nSPS) is 14.2. The molecule has 0 saturated heterocycles. The summed E-state index contributed by atoms with van der Waals surface area (Å²) in [6.45, 7) is 3.99. The van der Waals surface area contributed by atoms with Crippen LogP contribution in [0.4, 0.5) is 5.95 Å². The molecule has 0 saturated carbocycles. The standard InChI is InChI=1S/C21H24N4O2S/c1-4-13(2)23-24-21-22-19-18(16-7-5-6-8-17(16)28-19)20(26)25(21)14-9-11-15(27-3)12-10-14/h9-12H,4-8H2,1-3H3,(H,22,24)/b23-13-. The van der Waals surface area contributed by atoms with E-state index in [-0.39, 0.29) is 5.56 Å². The van der Waals surface area contributed by atoms with Gasteiger partial charge in [-0.15, -0.1) is 11.3 Å². The van der Waals surface area contributed by atoms with Gasteiger partial charge in [0.05, 0.1) is 18.2 Å². The Morgan fingerprint density at radius 2 is 2.04 bits per heavy atom. The van der Waals surface area contributed by atoms with Crippen LogP contribution in [-0.2, 0) is 12.8 Å². The molecule has 0 spiro atoms. The Labute approximate surface area is 167 Å². The van der Waals surface area contributed by atoms with Crippen LogP contribution >= 0.6 is 11.3 Å². The minimum atomic E-state index is -0.0404. The van der Waals surface area contributed by atoms with Crippen LogP contribution in [0.3, 0.4) is 0 Å². The number of nitrogens with zero attached hydrogens (tertiary/aromatic N) is 3. The van der Waals surface area contributed by atoms with Crippen molar-refractivity contribution in [2.75, 3.05) is 12.5 Å². The molecule has 1 aliphatic rings. The smallest absolute Gasteiger partial charge is 0.268 e. The van der Waals surface area contributed by atoms with Crippen molar-refractivity contribution in [1.82, 2.24) is 9.55 Å². The van der Waals surface area contributed by atoms with Gasteiger partial charge in [0, 0.05) is 10.6 Å². The van der Waals surface area contributed by atoms with Crippen LogP contribution in [0.15, 0.2) is 34.2 Å². The van der Waals surface area contributed by atoms with Crippen molar-refractivity contribution in [3.05, 3.63) is 45.1 Å². The number of ether oxygens (including phenoxy) is 1. The molecule has 1 aromatic carbocycles. The molecule has 2 aromatic heterocycles. The van der Waals surface area contributed by atoms with Gasteiger partial charge in [-0.2, -0.15) is 5.10 Å². The van der Waals surface area contributed by atoms with Gasteiger partial charge in [0.25, 0.3) is 5.56 Å². The van der Waals surface area contributed by atoms with E-state index < -0.39 is 0 Å². The third-order valence-electron chi connectivity index (χ3n) is 5.18. The summed E-state index contributed by atoms with van der Waals surface area (Å²) in [5.74, 6) is 1.18. The van der Waals surface area contributed by atoms with E-state index in [2.05, 4.69) is 10.5 Å². The van der Waals surface area contributed by atoms with Crippen molar-refractivity contribution in [1.29, 1.82) is 0 Å². The Morgan fingerprint density at radius 1 is 1.29 bits per heavy atom. The molecule has 146 valence electrons. The molecular formula is C21H24N4O2S. The molecule has 7 heteroatoms. The van der Waals surface area contributed by atoms with Crippen molar-refractivity contribution in [2.24, 2.45) is 5.10 Å². The van der Waals surface area contributed by atoms with Gasteiger partial charge >= 0.3 is 0 Å². The first-order chi connectivity index (χ1) is 13.6. The van der Waals surface area contributed by atoms with Gasteiger partial charge in [0.1, 0.15) is 10.6 Å². The number of nitrogens with one attached hydrogen (secondary N) is 1. The van der Waals surface area contributed by atoms with Gasteiger partial charge in [-0.1, -0.05) is 6.92 Å². The summed E-state index contributed by atoms with van der Waals surface area (Å²) >= 11 is 1.65. The Morgan fingerprint density at radius 3 is 2.75 bits per heavy atom. The molecule has 1 N–H and O–H groups in total. The Balaban J connectivity index is 1.94. The van der Waals surface area contributed by atoms with Crippen LogP contribution in [0, 0.1) is 0 Å². The number of aromatic nitrogens is 2. The zero-order valence-corrected chi connectivity index (χ0v) is 17.2. The number of hydrogen-bond donors (Lipinski definition) is 1. The summed E-state index contributed by atoms with van der Waals surface area (Å²) in [4.78, 5) is 20.5. The van der Waals surface area contributed by atoms with Crippen LogP contribution < -0.4 is 15.7 Å². The fraction of sp³-hybridized carbons (Fsp3) is 0.381. The maximum Gasteiger partial charge on any atom is 0.268 e. The summed E-state index contributed by atoms with van der Waals surface area (Å²) < 4.78 is 6.87. The van der Waals surface area contributed by atoms with Gasteiger partial charge < -0.3 is 4.74 Å². The lowest BCUT2D eigenvalue weighted by molar-refractivity contribution is 0.414. The summed E-state index contributed by atoms with van der Waals surface area (Å²) in [5, 5.41) is 5.15. The molecule has 0 unspecified atom stereocenters. The van der Waals surface area contributed by atoms with E-state index in [1.165, 1.54) is 16.9 Å². The Hall–Kier alpha value is -2.67. The number of benzene rings is 1. The van der Waals surface area contributed by atoms with Crippen LogP contribution in [0.5, 0.6) is 5.75 Å². The van der Waals surface area contributed by atoms with Crippen LogP contribution in [0.2, 0.25) is 0 Å². The predicted octanol–water partition coefficient (Wildman–Crippen LogP) is 4.53. The van der Waals surface area contributed by atoms with Crippen LogP contribution in [0.1, 0.15) is 43.6 Å². The average molecular weight is 397 g/mol. The number of thiophene rings is 1. The summed E-state index contributed by atoms with van der Waals surface area (Å²) in [6.07, 6.45) is 5.12. The molecule has 4 rings (SSSR count). The van der Waals surface area contributed by atoms with Crippen molar-refractivity contribution in [3.8, 4) is 11.4 Å². The lowest BCUT2D eigenvalue weighted by Crippen LogP contribution is -2.23. The van der Waals surface area contributed by atoms with Gasteiger partial charge in [0.2, 0.25) is 5.95 Å². The minimum Gasteiger partial charge on any atom is -0.497 e. The number of methoxy groups -OCH3 is 1. The third-order valence-corrected chi connectivity index (χ3v) is 6.36. The van der Waals surface area contributed by atoms with Crippen molar-refractivity contribution in [2.45, 2.75) is 46.0 Å². The second-order valence-corrected chi connectivity index (χ2v) is 8.06. The number of fused-ring (bicyclic) bond motifs is 3. The minimum absolute atomic E-state index is 0.0404. The topological polar surface area (TPSA) is 68.5 Å². The molecule has 0 amide bonds. The highest BCUT2D eigenvalue weighted by atomic mass is 32.1. The lowest BCUT2D eigenvalue weighted by atomic mass is 9.97. The first kappa shape index (κ1) is 18.7.